The molecule has 0 aromatic rings. The van der Waals surface area contributed by atoms with Crippen molar-refractivity contribution in [2.24, 2.45) is 0 Å². The summed E-state index contributed by atoms with van der Waals surface area (Å²) in [6.07, 6.45) is 0. The molecular formula is C6H12O6Zn. The van der Waals surface area contributed by atoms with Gasteiger partial charge in [0.25, 0.3) is 0 Å². The second-order valence-electron chi connectivity index (χ2n) is 1.65. The molecule has 0 atom stereocenters. The number of hydrogen-bond acceptors (Lipinski definition) is 4. The molecule has 6 nitrogen and oxygen atoms in total. The minimum absolute atomic E-state index is 0. The van der Waals surface area contributed by atoms with Gasteiger partial charge in [0.05, 0.1) is 0 Å². The summed E-state index contributed by atoms with van der Waals surface area (Å²) in [5.41, 5.74) is 0. The minimum Gasteiger partial charge on any atom is -0.480 e. The molecule has 2 N–H and O–H groups in total. The van der Waals surface area contributed by atoms with Crippen LogP contribution < -0.4 is 0 Å². The molecule has 0 saturated carbocycles. The largest absolute Gasteiger partial charge is 0.480 e. The Morgan fingerprint density at radius 1 is 1.00 bits per heavy atom. The standard InChI is InChI=1S/2C3H6O3.Zn/c2*1-6-2-3(4)5;/h2*2H2,1H3,(H,4,5);. The number of hydrogen-bond donors (Lipinski definition) is 2. The Morgan fingerprint density at radius 3 is 1.23 bits per heavy atom. The van der Waals surface area contributed by atoms with Crippen LogP contribution in [0.1, 0.15) is 0 Å². The molecule has 13 heavy (non-hydrogen) atoms. The van der Waals surface area contributed by atoms with Gasteiger partial charge in [0, 0.05) is 33.7 Å². The van der Waals surface area contributed by atoms with Crippen LogP contribution in [0.2, 0.25) is 0 Å². The molecular weight excluding hydrogens is 233 g/mol. The molecule has 0 unspecified atom stereocenters. The first-order valence-corrected chi connectivity index (χ1v) is 2.96. The summed E-state index contributed by atoms with van der Waals surface area (Å²) in [5, 5.41) is 15.6. The number of methoxy groups -OCH3 is 2. The third-order valence-corrected chi connectivity index (χ3v) is 0.536. The average Bonchev–Trinajstić information content (AvgIpc) is 1.87. The van der Waals surface area contributed by atoms with Crippen LogP contribution in [0, 0.1) is 0 Å². The van der Waals surface area contributed by atoms with E-state index in [0.29, 0.717) is 0 Å². The van der Waals surface area contributed by atoms with Gasteiger partial charge in [0.2, 0.25) is 0 Å². The van der Waals surface area contributed by atoms with Crippen LogP contribution in [0.4, 0.5) is 0 Å². The van der Waals surface area contributed by atoms with E-state index in [0.717, 1.165) is 0 Å². The third-order valence-electron chi connectivity index (χ3n) is 0.536. The van der Waals surface area contributed by atoms with Gasteiger partial charge in [0.1, 0.15) is 13.2 Å². The fraction of sp³-hybridized carbons (Fsp3) is 0.667. The van der Waals surface area contributed by atoms with Gasteiger partial charge in [-0.3, -0.25) is 0 Å². The van der Waals surface area contributed by atoms with Crippen molar-refractivity contribution in [3.8, 4) is 0 Å². The van der Waals surface area contributed by atoms with E-state index in [-0.39, 0.29) is 32.7 Å². The van der Waals surface area contributed by atoms with Gasteiger partial charge in [-0.15, -0.1) is 0 Å². The SMILES string of the molecule is COCC(=O)O.COCC(=O)O.[Zn]. The molecule has 0 aliphatic carbocycles. The zero-order valence-corrected chi connectivity index (χ0v) is 10.6. The van der Waals surface area contributed by atoms with Crippen molar-refractivity contribution >= 4 is 11.9 Å². The van der Waals surface area contributed by atoms with Crippen LogP contribution in [0.3, 0.4) is 0 Å². The third kappa shape index (κ3) is 34.3. The van der Waals surface area contributed by atoms with Crippen LogP contribution in [-0.2, 0) is 38.5 Å². The van der Waals surface area contributed by atoms with Crippen LogP contribution in [0.15, 0.2) is 0 Å². The van der Waals surface area contributed by atoms with Gasteiger partial charge in [-0.25, -0.2) is 9.59 Å². The Labute approximate surface area is 88.6 Å². The molecule has 0 aliphatic rings. The number of aliphatic carboxylic acids is 2. The maximum Gasteiger partial charge on any atom is 0.329 e. The molecule has 0 aromatic carbocycles. The zero-order valence-electron chi connectivity index (χ0n) is 7.65. The Hall–Kier alpha value is -0.517. The normalized spacial score (nSPS) is 7.54. The van der Waals surface area contributed by atoms with Crippen molar-refractivity contribution in [3.63, 3.8) is 0 Å². The van der Waals surface area contributed by atoms with Crippen LogP contribution in [-0.4, -0.2) is 49.6 Å². The molecule has 0 bridgehead atoms. The van der Waals surface area contributed by atoms with E-state index >= 15 is 0 Å². The Bertz CT molecular complexity index is 121. The van der Waals surface area contributed by atoms with Gasteiger partial charge in [0.15, 0.2) is 0 Å². The average molecular weight is 246 g/mol. The van der Waals surface area contributed by atoms with Crippen molar-refractivity contribution in [1.29, 1.82) is 0 Å². The van der Waals surface area contributed by atoms with Crippen molar-refractivity contribution in [1.82, 2.24) is 0 Å². The zero-order chi connectivity index (χ0) is 9.98. The first-order chi connectivity index (χ1) is 5.54. The van der Waals surface area contributed by atoms with E-state index in [2.05, 4.69) is 9.47 Å². The van der Waals surface area contributed by atoms with Gasteiger partial charge >= 0.3 is 11.9 Å². The van der Waals surface area contributed by atoms with Crippen molar-refractivity contribution in [2.75, 3.05) is 27.4 Å². The van der Waals surface area contributed by atoms with Crippen LogP contribution >= 0.6 is 0 Å². The van der Waals surface area contributed by atoms with E-state index in [1.807, 2.05) is 0 Å². The molecule has 0 heterocycles. The summed E-state index contributed by atoms with van der Waals surface area (Å²) < 4.78 is 8.41. The predicted molar refractivity (Wildman–Crippen MR) is 39.0 cm³/mol. The smallest absolute Gasteiger partial charge is 0.329 e. The summed E-state index contributed by atoms with van der Waals surface area (Å²) in [6, 6.07) is 0. The molecule has 0 spiro atoms. The quantitative estimate of drug-likeness (QED) is 0.645. The number of carboxylic acid groups (broad SMARTS) is 2. The number of carbonyl (C=O) groups is 2. The maximum absolute atomic E-state index is 9.47. The molecule has 0 aliphatic heterocycles. The van der Waals surface area contributed by atoms with E-state index in [9.17, 15) is 9.59 Å². The second-order valence-corrected chi connectivity index (χ2v) is 1.65. The van der Waals surface area contributed by atoms with Gasteiger partial charge in [-0.05, 0) is 0 Å². The van der Waals surface area contributed by atoms with Gasteiger partial charge in [-0.2, -0.15) is 0 Å². The Kier molecular flexibility index (Phi) is 19.8. The summed E-state index contributed by atoms with van der Waals surface area (Å²) in [6.45, 7) is -0.417. The van der Waals surface area contributed by atoms with Crippen LogP contribution in [0.5, 0.6) is 0 Å². The monoisotopic (exact) mass is 244 g/mol. The Balaban J connectivity index is -0.000000143. The van der Waals surface area contributed by atoms with E-state index in [4.69, 9.17) is 10.2 Å². The molecule has 7 heteroatoms. The Morgan fingerprint density at radius 2 is 1.23 bits per heavy atom. The van der Waals surface area contributed by atoms with Crippen LogP contribution in [0.25, 0.3) is 0 Å². The van der Waals surface area contributed by atoms with Crippen molar-refractivity contribution in [2.45, 2.75) is 0 Å². The molecule has 74 valence electrons. The molecule has 0 rings (SSSR count). The predicted octanol–water partition coefficient (Wildman–Crippen LogP) is -0.568. The van der Waals surface area contributed by atoms with Crippen molar-refractivity contribution in [3.05, 3.63) is 0 Å². The molecule has 0 aromatic heterocycles. The summed E-state index contributed by atoms with van der Waals surface area (Å²) >= 11 is 0. The molecule has 0 fully saturated rings. The molecule has 0 amide bonds. The van der Waals surface area contributed by atoms with Crippen molar-refractivity contribution < 1.29 is 48.8 Å². The number of ether oxygens (including phenoxy) is 2. The first-order valence-electron chi connectivity index (χ1n) is 2.96. The summed E-state index contributed by atoms with van der Waals surface area (Å²) in [7, 11) is 2.68. The number of rotatable bonds is 4. The fourth-order valence-electron chi connectivity index (χ4n) is 0.247. The van der Waals surface area contributed by atoms with Gasteiger partial charge in [-0.1, -0.05) is 0 Å². The summed E-state index contributed by atoms with van der Waals surface area (Å²) in [4.78, 5) is 18.9. The second kappa shape index (κ2) is 14.0. The van der Waals surface area contributed by atoms with Gasteiger partial charge < -0.3 is 19.7 Å². The maximum atomic E-state index is 9.47. The first kappa shape index (κ1) is 18.3. The number of carboxylic acids is 2. The van der Waals surface area contributed by atoms with E-state index in [1.165, 1.54) is 14.2 Å². The molecule has 0 radical (unpaired) electrons. The summed E-state index contributed by atoms with van der Waals surface area (Å²) in [5.74, 6) is -1.87. The minimum atomic E-state index is -0.933. The molecule has 0 saturated heterocycles. The van der Waals surface area contributed by atoms with E-state index < -0.39 is 11.9 Å². The fourth-order valence-corrected chi connectivity index (χ4v) is 0.247. The van der Waals surface area contributed by atoms with E-state index in [1.54, 1.807) is 0 Å². The topological polar surface area (TPSA) is 93.1 Å².